The van der Waals surface area contributed by atoms with Crippen molar-refractivity contribution in [2.45, 2.75) is 59.5 Å². The number of aryl methyl sites for hydroxylation is 1. The van der Waals surface area contributed by atoms with Gasteiger partial charge in [0.1, 0.15) is 18.1 Å². The van der Waals surface area contributed by atoms with Gasteiger partial charge in [0.15, 0.2) is 0 Å². The second kappa shape index (κ2) is 13.2. The first kappa shape index (κ1) is 28.2. The van der Waals surface area contributed by atoms with Gasteiger partial charge in [0.2, 0.25) is 5.91 Å². The minimum Gasteiger partial charge on any atom is -0.464 e. The van der Waals surface area contributed by atoms with Gasteiger partial charge in [-0.3, -0.25) is 9.59 Å². The minimum absolute atomic E-state index is 0.00311. The summed E-state index contributed by atoms with van der Waals surface area (Å²) in [4.78, 5) is 30.6. The van der Waals surface area contributed by atoms with Gasteiger partial charge >= 0.3 is 0 Å². The Labute approximate surface area is 221 Å². The summed E-state index contributed by atoms with van der Waals surface area (Å²) < 4.78 is 11.3. The second-order valence-corrected chi connectivity index (χ2v) is 10.4. The average molecular weight is 505 g/mol. The maximum absolute atomic E-state index is 13.6. The Balaban J connectivity index is 1.80. The summed E-state index contributed by atoms with van der Waals surface area (Å²) in [6.45, 7) is 12.6. The number of rotatable bonds is 12. The standard InChI is InChI=1S/C31H40N2O4/c1-6-36-20-10-19-32(30(35)26-14-16-27(17-15-26)31(3,4)5)23-29(34)33(21-25-11-8-7-9-12-25)22-28-18-13-24(2)37-28/h7-9,11-18H,6,10,19-23H2,1-5H3. The number of ether oxygens (including phenoxy) is 1. The quantitative estimate of drug-likeness (QED) is 0.285. The van der Waals surface area contributed by atoms with Crippen molar-refractivity contribution in [2.24, 2.45) is 0 Å². The molecule has 2 amide bonds. The number of nitrogens with zero attached hydrogens (tertiary/aromatic N) is 2. The van der Waals surface area contributed by atoms with Crippen LogP contribution in [0.5, 0.6) is 0 Å². The summed E-state index contributed by atoms with van der Waals surface area (Å²) in [7, 11) is 0. The molecule has 0 atom stereocenters. The topological polar surface area (TPSA) is 63.0 Å². The molecule has 3 rings (SSSR count). The molecule has 0 fully saturated rings. The fourth-order valence-corrected chi connectivity index (χ4v) is 4.11. The van der Waals surface area contributed by atoms with E-state index in [0.29, 0.717) is 50.6 Å². The van der Waals surface area contributed by atoms with Crippen LogP contribution in [-0.4, -0.2) is 47.9 Å². The highest BCUT2D eigenvalue weighted by Crippen LogP contribution is 2.23. The molecule has 37 heavy (non-hydrogen) atoms. The SMILES string of the molecule is CCOCCCN(CC(=O)N(Cc1ccccc1)Cc1ccc(C)o1)C(=O)c1ccc(C(C)(C)C)cc1. The van der Waals surface area contributed by atoms with Crippen molar-refractivity contribution < 1.29 is 18.7 Å². The van der Waals surface area contributed by atoms with Crippen LogP contribution < -0.4 is 0 Å². The Morgan fingerprint density at radius 2 is 1.59 bits per heavy atom. The van der Waals surface area contributed by atoms with Crippen LogP contribution in [0.1, 0.15) is 67.1 Å². The van der Waals surface area contributed by atoms with E-state index < -0.39 is 0 Å². The predicted octanol–water partition coefficient (Wildman–Crippen LogP) is 5.98. The molecule has 0 aliphatic heterocycles. The molecule has 0 saturated heterocycles. The van der Waals surface area contributed by atoms with Crippen LogP contribution in [0.25, 0.3) is 0 Å². The van der Waals surface area contributed by atoms with Crippen LogP contribution in [0.4, 0.5) is 0 Å². The summed E-state index contributed by atoms with van der Waals surface area (Å²) >= 11 is 0. The first-order chi connectivity index (χ1) is 17.7. The lowest BCUT2D eigenvalue weighted by Crippen LogP contribution is -2.43. The molecule has 1 heterocycles. The van der Waals surface area contributed by atoms with Gasteiger partial charge in [0.05, 0.1) is 6.54 Å². The smallest absolute Gasteiger partial charge is 0.254 e. The van der Waals surface area contributed by atoms with E-state index in [1.165, 1.54) is 0 Å². The summed E-state index contributed by atoms with van der Waals surface area (Å²) in [6, 6.07) is 21.4. The van der Waals surface area contributed by atoms with Crippen LogP contribution in [0, 0.1) is 6.92 Å². The number of hydrogen-bond acceptors (Lipinski definition) is 4. The van der Waals surface area contributed by atoms with Crippen molar-refractivity contribution in [3.8, 4) is 0 Å². The number of hydrogen-bond donors (Lipinski definition) is 0. The Morgan fingerprint density at radius 3 is 2.19 bits per heavy atom. The van der Waals surface area contributed by atoms with Crippen LogP contribution in [0.2, 0.25) is 0 Å². The molecule has 0 unspecified atom stereocenters. The molecule has 0 aliphatic rings. The van der Waals surface area contributed by atoms with Crippen LogP contribution in [0.15, 0.2) is 71.1 Å². The summed E-state index contributed by atoms with van der Waals surface area (Å²) in [5.74, 6) is 1.23. The second-order valence-electron chi connectivity index (χ2n) is 10.4. The lowest BCUT2D eigenvalue weighted by Gasteiger charge is -2.28. The van der Waals surface area contributed by atoms with Crippen molar-refractivity contribution >= 4 is 11.8 Å². The first-order valence-corrected chi connectivity index (χ1v) is 13.0. The molecule has 0 spiro atoms. The zero-order chi connectivity index (χ0) is 26.8. The maximum Gasteiger partial charge on any atom is 0.254 e. The van der Waals surface area contributed by atoms with Gasteiger partial charge in [-0.2, -0.15) is 0 Å². The molecule has 0 saturated carbocycles. The van der Waals surface area contributed by atoms with Gasteiger partial charge < -0.3 is 19.0 Å². The molecule has 0 radical (unpaired) electrons. The molecule has 6 nitrogen and oxygen atoms in total. The Hall–Kier alpha value is -3.38. The van der Waals surface area contributed by atoms with Crippen LogP contribution >= 0.6 is 0 Å². The van der Waals surface area contributed by atoms with E-state index in [-0.39, 0.29) is 23.8 Å². The fourth-order valence-electron chi connectivity index (χ4n) is 4.11. The lowest BCUT2D eigenvalue weighted by molar-refractivity contribution is -0.133. The predicted molar refractivity (Wildman–Crippen MR) is 146 cm³/mol. The van der Waals surface area contributed by atoms with E-state index >= 15 is 0 Å². The highest BCUT2D eigenvalue weighted by atomic mass is 16.5. The van der Waals surface area contributed by atoms with Crippen molar-refractivity contribution in [1.82, 2.24) is 9.80 Å². The molecular weight excluding hydrogens is 464 g/mol. The lowest BCUT2D eigenvalue weighted by atomic mass is 9.86. The molecule has 3 aromatic rings. The minimum atomic E-state index is -0.154. The van der Waals surface area contributed by atoms with Crippen molar-refractivity contribution in [2.75, 3.05) is 26.3 Å². The Bertz CT molecular complexity index is 1130. The van der Waals surface area contributed by atoms with Gasteiger partial charge in [0, 0.05) is 31.9 Å². The van der Waals surface area contributed by atoms with Gasteiger partial charge in [-0.15, -0.1) is 0 Å². The van der Waals surface area contributed by atoms with Gasteiger partial charge in [-0.1, -0.05) is 63.2 Å². The first-order valence-electron chi connectivity index (χ1n) is 13.0. The molecule has 0 N–H and O–H groups in total. The van der Waals surface area contributed by atoms with E-state index in [4.69, 9.17) is 9.15 Å². The van der Waals surface area contributed by atoms with Gasteiger partial charge in [-0.25, -0.2) is 0 Å². The number of furan rings is 1. The van der Waals surface area contributed by atoms with Crippen molar-refractivity contribution in [3.63, 3.8) is 0 Å². The largest absolute Gasteiger partial charge is 0.464 e. The van der Waals surface area contributed by atoms with E-state index in [2.05, 4.69) is 20.8 Å². The Morgan fingerprint density at radius 1 is 0.892 bits per heavy atom. The van der Waals surface area contributed by atoms with E-state index in [1.807, 2.05) is 80.6 Å². The van der Waals surface area contributed by atoms with Crippen molar-refractivity contribution in [1.29, 1.82) is 0 Å². The zero-order valence-corrected chi connectivity index (χ0v) is 22.8. The average Bonchev–Trinajstić information content (AvgIpc) is 3.29. The third-order valence-electron chi connectivity index (χ3n) is 6.24. The van der Waals surface area contributed by atoms with Crippen molar-refractivity contribution in [3.05, 3.63) is 94.9 Å². The third kappa shape index (κ3) is 8.60. The van der Waals surface area contributed by atoms with E-state index in [1.54, 1.807) is 9.80 Å². The highest BCUT2D eigenvalue weighted by molar-refractivity contribution is 5.96. The summed E-state index contributed by atoms with van der Waals surface area (Å²) in [5.41, 5.74) is 2.75. The van der Waals surface area contributed by atoms with Gasteiger partial charge in [0.25, 0.3) is 5.91 Å². The van der Waals surface area contributed by atoms with E-state index in [9.17, 15) is 9.59 Å². The van der Waals surface area contributed by atoms with Crippen LogP contribution in [0.3, 0.4) is 0 Å². The molecule has 0 bridgehead atoms. The number of carbonyl (C=O) groups is 2. The molecule has 6 heteroatoms. The summed E-state index contributed by atoms with van der Waals surface area (Å²) in [6.07, 6.45) is 0.656. The highest BCUT2D eigenvalue weighted by Gasteiger charge is 2.24. The van der Waals surface area contributed by atoms with Crippen LogP contribution in [-0.2, 0) is 28.0 Å². The normalized spacial score (nSPS) is 11.4. The fraction of sp³-hybridized carbons (Fsp3) is 0.419. The monoisotopic (exact) mass is 504 g/mol. The maximum atomic E-state index is 13.6. The van der Waals surface area contributed by atoms with E-state index in [0.717, 1.165) is 16.9 Å². The number of amides is 2. The molecule has 1 aromatic heterocycles. The van der Waals surface area contributed by atoms with Gasteiger partial charge in [-0.05, 0) is 61.1 Å². The Kier molecular flexibility index (Phi) is 10.1. The zero-order valence-electron chi connectivity index (χ0n) is 22.8. The molecule has 0 aliphatic carbocycles. The molecule has 2 aromatic carbocycles. The number of carbonyl (C=O) groups excluding carboxylic acids is 2. The molecular formula is C31H40N2O4. The number of benzene rings is 2. The molecule has 198 valence electrons. The summed E-state index contributed by atoms with van der Waals surface area (Å²) in [5, 5.41) is 0. The third-order valence-corrected chi connectivity index (χ3v) is 6.24.